The number of fused-ring (bicyclic) bond motifs is 5. The van der Waals surface area contributed by atoms with E-state index in [1.54, 1.807) is 19.9 Å². The number of aliphatic hydroxyl groups excluding tert-OH is 5. The molecule has 0 aromatic rings. The first kappa shape index (κ1) is 57.3. The monoisotopic (exact) mass is 1110 g/mol. The van der Waals surface area contributed by atoms with E-state index in [2.05, 4.69) is 33.5 Å². The number of hydrogen-bond acceptors (Lipinski definition) is 21. The topological polar surface area (TPSA) is 346 Å². The van der Waals surface area contributed by atoms with Gasteiger partial charge in [0.25, 0.3) is 0 Å². The molecular formula is C53H75N7O15S2. The summed E-state index contributed by atoms with van der Waals surface area (Å²) in [5, 5.41) is 94.1. The molecule has 14 N–H and O–H groups in total. The molecule has 2 saturated carbocycles. The summed E-state index contributed by atoms with van der Waals surface area (Å²) in [6.45, 7) is 1.95. The lowest BCUT2D eigenvalue weighted by Crippen LogP contribution is -2.69. The van der Waals surface area contributed by atoms with Gasteiger partial charge in [-0.3, -0.25) is 9.98 Å². The predicted molar refractivity (Wildman–Crippen MR) is 284 cm³/mol. The van der Waals surface area contributed by atoms with E-state index in [1.165, 1.54) is 34.0 Å². The van der Waals surface area contributed by atoms with Gasteiger partial charge in [0.15, 0.2) is 24.3 Å². The fourth-order valence-electron chi connectivity index (χ4n) is 12.7. The number of rotatable bonds is 13. The van der Waals surface area contributed by atoms with E-state index in [-0.39, 0.29) is 85.4 Å². The third-order valence-electron chi connectivity index (χ3n) is 16.5. The van der Waals surface area contributed by atoms with Crippen LogP contribution in [0.3, 0.4) is 0 Å². The molecule has 0 aromatic heterocycles. The molecule has 3 fully saturated rings. The molecule has 0 unspecified atom stereocenters. The zero-order valence-corrected chi connectivity index (χ0v) is 45.1. The van der Waals surface area contributed by atoms with E-state index in [1.807, 2.05) is 4.90 Å². The Labute approximate surface area is 455 Å². The molecule has 22 nitrogen and oxygen atoms in total. The first-order valence-electron chi connectivity index (χ1n) is 26.9. The highest BCUT2D eigenvalue weighted by molar-refractivity contribution is 8.77. The number of allylic oxidation sites excluding steroid dienone is 2. The van der Waals surface area contributed by atoms with Crippen LogP contribution in [0.2, 0.25) is 0 Å². The van der Waals surface area contributed by atoms with Crippen molar-refractivity contribution in [2.24, 2.45) is 50.5 Å². The largest absolute Gasteiger partial charge is 0.478 e. The maximum absolute atomic E-state index is 15.6. The minimum Gasteiger partial charge on any atom is -0.478 e. The fraction of sp³-hybridized carbons (Fsp3) is 0.698. The van der Waals surface area contributed by atoms with Crippen molar-refractivity contribution in [3.8, 4) is 11.8 Å². The number of nitrogens with zero attached hydrogens (tertiary/aromatic N) is 3. The predicted octanol–water partition coefficient (Wildman–Crippen LogP) is 0.567. The summed E-state index contributed by atoms with van der Waals surface area (Å²) in [7, 11) is 3.04. The van der Waals surface area contributed by atoms with Crippen molar-refractivity contribution in [3.63, 3.8) is 0 Å². The molecule has 0 spiro atoms. The molecule has 0 radical (unpaired) electrons. The lowest BCUT2D eigenvalue weighted by Gasteiger charge is -2.52. The minimum atomic E-state index is -3.02. The second-order valence-corrected chi connectivity index (χ2v) is 24.5. The first-order valence-corrected chi connectivity index (χ1v) is 29.3. The number of esters is 1. The van der Waals surface area contributed by atoms with Crippen molar-refractivity contribution in [2.45, 2.75) is 157 Å². The van der Waals surface area contributed by atoms with Gasteiger partial charge in [0.1, 0.15) is 18.3 Å². The maximum atomic E-state index is 15.6. The molecule has 424 valence electrons. The summed E-state index contributed by atoms with van der Waals surface area (Å²) in [4.78, 5) is 40.4. The molecule has 77 heavy (non-hydrogen) atoms. The summed E-state index contributed by atoms with van der Waals surface area (Å²) in [5.74, 6) is 0.580. The van der Waals surface area contributed by atoms with Crippen LogP contribution in [0.4, 0.5) is 0 Å². The Hall–Kier alpha value is -4.36. The van der Waals surface area contributed by atoms with Gasteiger partial charge in [0.05, 0.1) is 65.2 Å². The Morgan fingerprint density at radius 2 is 1.92 bits per heavy atom. The number of guanidine groups is 2. The van der Waals surface area contributed by atoms with Gasteiger partial charge in [-0.25, -0.2) is 9.59 Å². The summed E-state index contributed by atoms with van der Waals surface area (Å²) in [6.07, 6.45) is 2.64. The van der Waals surface area contributed by atoms with Crippen LogP contribution >= 0.6 is 21.6 Å². The number of aliphatic carboxylic acids is 1. The van der Waals surface area contributed by atoms with Crippen LogP contribution in [0.5, 0.6) is 0 Å². The van der Waals surface area contributed by atoms with E-state index >= 15 is 4.79 Å². The van der Waals surface area contributed by atoms with Gasteiger partial charge in [0.2, 0.25) is 12.1 Å². The van der Waals surface area contributed by atoms with Crippen molar-refractivity contribution in [1.82, 2.24) is 15.5 Å². The zero-order valence-electron chi connectivity index (χ0n) is 43.4. The molecule has 15 atom stereocenters. The van der Waals surface area contributed by atoms with Gasteiger partial charge < -0.3 is 91.5 Å². The van der Waals surface area contributed by atoms with Gasteiger partial charge in [0, 0.05) is 67.6 Å². The van der Waals surface area contributed by atoms with Crippen LogP contribution in [0.15, 0.2) is 68.2 Å². The Bertz CT molecular complexity index is 2480. The SMILES string of the molecule is CC(C)O[C@H]1[C@H](O[C@@H]2OC=C3C(=O)O[C@@H]4CC[C@H](CO)[C@H]4CSS[C@@H]4[C@H]5C#C/C(=C\C6=C(NC(N)=NCCCO)C(C(=O)O)=CN(C6)[C@H]4CO)[C@H]3[C@]2(C=C2CCCC2)CC[C@H]2C[C@@H](C5)N=C(N)N2)O[C@H](CO)[C@@H](O)C1(O)O. The second-order valence-electron chi connectivity index (χ2n) is 21.9. The smallest absolute Gasteiger partial charge is 0.339 e. The molecule has 8 bridgehead atoms. The lowest BCUT2D eigenvalue weighted by molar-refractivity contribution is -0.417. The highest BCUT2D eigenvalue weighted by Crippen LogP contribution is 2.55. The lowest BCUT2D eigenvalue weighted by atomic mass is 9.62. The summed E-state index contributed by atoms with van der Waals surface area (Å²) < 4.78 is 32.8. The molecule has 0 amide bonds. The average molecular weight is 1110 g/mol. The molecule has 9 rings (SSSR count). The van der Waals surface area contributed by atoms with Crippen LogP contribution in [-0.2, 0) is 33.3 Å². The van der Waals surface area contributed by atoms with Crippen LogP contribution in [0, 0.1) is 40.9 Å². The number of ether oxygens (including phenoxy) is 5. The van der Waals surface area contributed by atoms with Gasteiger partial charge >= 0.3 is 11.9 Å². The highest BCUT2D eigenvalue weighted by Gasteiger charge is 2.61. The number of aliphatic imine (C=N–C) groups is 2. The van der Waals surface area contributed by atoms with E-state index in [0.717, 1.165) is 18.4 Å². The number of nitrogens with two attached hydrogens (primary N) is 2. The molecule has 6 aliphatic heterocycles. The quantitative estimate of drug-likeness (QED) is 0.0175. The molecule has 0 aromatic carbocycles. The van der Waals surface area contributed by atoms with Crippen molar-refractivity contribution in [2.75, 3.05) is 45.3 Å². The van der Waals surface area contributed by atoms with Crippen LogP contribution in [-0.4, -0.2) is 187 Å². The number of carbonyl (C=O) groups is 2. The van der Waals surface area contributed by atoms with Crippen LogP contribution < -0.4 is 22.1 Å². The fourth-order valence-corrected chi connectivity index (χ4v) is 16.2. The number of carboxylic acids is 1. The summed E-state index contributed by atoms with van der Waals surface area (Å²) >= 11 is 0. The van der Waals surface area contributed by atoms with Crippen molar-refractivity contribution in [3.05, 3.63) is 58.2 Å². The van der Waals surface area contributed by atoms with Crippen molar-refractivity contribution >= 4 is 45.4 Å². The normalized spacial score (nSPS) is 37.8. The first-order chi connectivity index (χ1) is 37.0. The number of aliphatic hydroxyl groups is 7. The number of hydrogen-bond donors (Lipinski definition) is 12. The average Bonchev–Trinajstić information content (AvgIpc) is 4.09. The third-order valence-corrected chi connectivity index (χ3v) is 19.5. The van der Waals surface area contributed by atoms with Gasteiger partial charge in [-0.05, 0) is 102 Å². The summed E-state index contributed by atoms with van der Waals surface area (Å²) in [6, 6.07) is -1.39. The minimum absolute atomic E-state index is 0.0104. The van der Waals surface area contributed by atoms with E-state index in [0.29, 0.717) is 68.3 Å². The molecular weight excluding hydrogens is 1040 g/mol. The van der Waals surface area contributed by atoms with Crippen LogP contribution in [0.25, 0.3) is 0 Å². The Morgan fingerprint density at radius 3 is 2.64 bits per heavy atom. The Morgan fingerprint density at radius 1 is 1.13 bits per heavy atom. The van der Waals surface area contributed by atoms with Crippen LogP contribution in [0.1, 0.15) is 84.5 Å². The Kier molecular flexibility index (Phi) is 18.3. The molecule has 6 heterocycles. The molecule has 24 heteroatoms. The third kappa shape index (κ3) is 12.1. The number of nitrogens with one attached hydrogen (secondary N) is 2. The van der Waals surface area contributed by atoms with E-state index in [4.69, 9.17) is 40.1 Å². The molecule has 3 aliphatic carbocycles. The standard InChI is InChI=1S/C53H75N7O15S2/c1-27(2)72-45-48(74-40(24-64)44(65)53(45,69)70)75-49-52(19-28-6-3-4-7-28)13-12-33-18-34(58-51(55)57-33)17-30-9-8-29-16-32-20-60(21-35(46(66)67)42(32)59-50(54)56-14-5-15-61)38(23-63)43(30)77-76-26-37-31(22-62)10-11-39(37)73-47(68)36(25-71-49)41(29)52/h16,19,21,25,27,30-31,33-34,37-41,43-45,48-49,61-65,69-70H,3-7,10-15,17-18,20,22-24,26H2,1-2H3,(H,66,67)(H3,54,56,59)(H3,55,57,58)/b29-16+/t30-,31+,33-,34+,37+,38-,39+,40+,41+,43+,44+,45-,48-,49-,52+/m0/s1. The zero-order chi connectivity index (χ0) is 54.8. The maximum Gasteiger partial charge on any atom is 0.339 e. The van der Waals surface area contributed by atoms with Crippen molar-refractivity contribution < 1.29 is 74.1 Å². The molecule has 1 saturated heterocycles. The summed E-state index contributed by atoms with van der Waals surface area (Å²) in [5.41, 5.74) is 13.3. The highest BCUT2D eigenvalue weighted by atomic mass is 33.1. The number of carbonyl (C=O) groups excluding carboxylic acids is 1. The van der Waals surface area contributed by atoms with Gasteiger partial charge in [-0.1, -0.05) is 45.1 Å². The van der Waals surface area contributed by atoms with E-state index in [9.17, 15) is 45.6 Å². The van der Waals surface area contributed by atoms with E-state index < -0.39 is 103 Å². The molecule has 9 aliphatic rings. The number of carboxylic acid groups (broad SMARTS) is 1. The van der Waals surface area contributed by atoms with Crippen molar-refractivity contribution in [1.29, 1.82) is 0 Å². The van der Waals surface area contributed by atoms with Gasteiger partial charge in [-0.15, -0.1) is 0 Å². The Balaban J connectivity index is 1.36. The van der Waals surface area contributed by atoms with Gasteiger partial charge in [-0.2, -0.15) is 0 Å². The second kappa shape index (κ2) is 24.6.